The zero-order chi connectivity index (χ0) is 16.4. The maximum atomic E-state index is 12.5. The molecule has 1 aromatic heterocycles. The molecule has 3 heterocycles. The van der Waals surface area contributed by atoms with E-state index in [1.807, 2.05) is 0 Å². The molecule has 1 saturated heterocycles. The largest absolute Gasteiger partial charge is 0.486 e. The van der Waals surface area contributed by atoms with Gasteiger partial charge in [-0.25, -0.2) is 9.97 Å². The van der Waals surface area contributed by atoms with Crippen molar-refractivity contribution in [2.45, 2.75) is 12.8 Å². The van der Waals surface area contributed by atoms with E-state index >= 15 is 0 Å². The van der Waals surface area contributed by atoms with Crippen molar-refractivity contribution in [3.8, 4) is 11.5 Å². The van der Waals surface area contributed by atoms with Gasteiger partial charge in [0.1, 0.15) is 31.1 Å². The third-order valence-corrected chi connectivity index (χ3v) is 4.12. The zero-order valence-corrected chi connectivity index (χ0v) is 13.2. The second kappa shape index (κ2) is 6.35. The Bertz CT molecular complexity index is 759. The summed E-state index contributed by atoms with van der Waals surface area (Å²) < 4.78 is 11.0. The number of carbonyl (C=O) groups is 1. The van der Waals surface area contributed by atoms with Crippen molar-refractivity contribution in [1.82, 2.24) is 9.97 Å². The summed E-state index contributed by atoms with van der Waals surface area (Å²) in [7, 11) is 0. The van der Waals surface area contributed by atoms with Gasteiger partial charge in [0.05, 0.1) is 0 Å². The minimum atomic E-state index is -0.269. The molecule has 2 aliphatic rings. The molecule has 1 amide bonds. The van der Waals surface area contributed by atoms with Gasteiger partial charge in [-0.1, -0.05) is 0 Å². The second-order valence-electron chi connectivity index (χ2n) is 5.77. The van der Waals surface area contributed by atoms with Crippen molar-refractivity contribution < 1.29 is 14.3 Å². The van der Waals surface area contributed by atoms with E-state index in [4.69, 9.17) is 9.47 Å². The van der Waals surface area contributed by atoms with E-state index in [0.29, 0.717) is 36.1 Å². The Morgan fingerprint density at radius 2 is 1.83 bits per heavy atom. The summed E-state index contributed by atoms with van der Waals surface area (Å²) in [5.74, 6) is 1.86. The highest BCUT2D eigenvalue weighted by Crippen LogP contribution is 2.32. The maximum absolute atomic E-state index is 12.5. The molecule has 0 bridgehead atoms. The topological polar surface area (TPSA) is 76.6 Å². The highest BCUT2D eigenvalue weighted by Gasteiger charge is 2.17. The quantitative estimate of drug-likeness (QED) is 0.931. The van der Waals surface area contributed by atoms with Gasteiger partial charge in [-0.05, 0) is 25.0 Å². The van der Waals surface area contributed by atoms with E-state index < -0.39 is 0 Å². The molecule has 0 saturated carbocycles. The number of nitrogens with one attached hydrogen (secondary N) is 1. The summed E-state index contributed by atoms with van der Waals surface area (Å²) in [6, 6.07) is 7.07. The number of hydrogen-bond donors (Lipinski definition) is 1. The molecular formula is C17H18N4O3. The Labute approximate surface area is 139 Å². The Morgan fingerprint density at radius 1 is 1.04 bits per heavy atom. The maximum Gasteiger partial charge on any atom is 0.274 e. The third kappa shape index (κ3) is 2.97. The second-order valence-corrected chi connectivity index (χ2v) is 5.77. The number of hydrogen-bond acceptors (Lipinski definition) is 6. The van der Waals surface area contributed by atoms with Gasteiger partial charge < -0.3 is 19.7 Å². The van der Waals surface area contributed by atoms with Crippen molar-refractivity contribution in [3.63, 3.8) is 0 Å². The monoisotopic (exact) mass is 326 g/mol. The van der Waals surface area contributed by atoms with Crippen LogP contribution in [-0.2, 0) is 0 Å². The average Bonchev–Trinajstić information content (AvgIpc) is 3.16. The first-order valence-electron chi connectivity index (χ1n) is 8.07. The summed E-state index contributed by atoms with van der Waals surface area (Å²) in [5.41, 5.74) is 0.993. The number of amides is 1. The summed E-state index contributed by atoms with van der Waals surface area (Å²) in [4.78, 5) is 23.0. The molecule has 1 aromatic carbocycles. The molecule has 1 fully saturated rings. The van der Waals surface area contributed by atoms with Crippen molar-refractivity contribution >= 4 is 17.4 Å². The van der Waals surface area contributed by atoms with Gasteiger partial charge in [0.15, 0.2) is 11.5 Å². The van der Waals surface area contributed by atoms with Crippen LogP contribution < -0.4 is 19.7 Å². The average molecular weight is 326 g/mol. The third-order valence-electron chi connectivity index (χ3n) is 4.12. The van der Waals surface area contributed by atoms with E-state index in [-0.39, 0.29) is 5.91 Å². The van der Waals surface area contributed by atoms with Gasteiger partial charge in [0.2, 0.25) is 0 Å². The lowest BCUT2D eigenvalue weighted by Gasteiger charge is -2.19. The van der Waals surface area contributed by atoms with Crippen molar-refractivity contribution in [1.29, 1.82) is 0 Å². The number of ether oxygens (including phenoxy) is 2. The molecule has 124 valence electrons. The van der Waals surface area contributed by atoms with Crippen LogP contribution in [0.1, 0.15) is 23.3 Å². The van der Waals surface area contributed by atoms with Gasteiger partial charge in [-0.3, -0.25) is 4.79 Å². The molecule has 1 N–H and O–H groups in total. The van der Waals surface area contributed by atoms with Crippen LogP contribution in [0, 0.1) is 0 Å². The van der Waals surface area contributed by atoms with E-state index in [0.717, 1.165) is 31.7 Å². The zero-order valence-electron chi connectivity index (χ0n) is 13.2. The van der Waals surface area contributed by atoms with Crippen LogP contribution in [0.5, 0.6) is 11.5 Å². The first kappa shape index (κ1) is 14.7. The fourth-order valence-corrected chi connectivity index (χ4v) is 2.91. The van der Waals surface area contributed by atoms with Crippen molar-refractivity contribution in [2.24, 2.45) is 0 Å². The van der Waals surface area contributed by atoms with Crippen LogP contribution in [0.15, 0.2) is 30.6 Å². The molecule has 0 unspecified atom stereocenters. The first-order valence-corrected chi connectivity index (χ1v) is 8.07. The Morgan fingerprint density at radius 3 is 2.67 bits per heavy atom. The summed E-state index contributed by atoms with van der Waals surface area (Å²) >= 11 is 0. The van der Waals surface area contributed by atoms with Gasteiger partial charge >= 0.3 is 0 Å². The number of nitrogens with zero attached hydrogens (tertiary/aromatic N) is 3. The van der Waals surface area contributed by atoms with Crippen LogP contribution in [0.3, 0.4) is 0 Å². The molecule has 0 atom stereocenters. The first-order chi connectivity index (χ1) is 11.8. The molecular weight excluding hydrogens is 308 g/mol. The number of fused-ring (bicyclic) bond motifs is 1. The van der Waals surface area contributed by atoms with Crippen LogP contribution in [-0.4, -0.2) is 42.2 Å². The van der Waals surface area contributed by atoms with Crippen LogP contribution >= 0.6 is 0 Å². The Kier molecular flexibility index (Phi) is 3.90. The SMILES string of the molecule is O=C(Nc1ccc2c(c1)OCCO2)c1cc(N2CCCC2)ncn1. The lowest BCUT2D eigenvalue weighted by Crippen LogP contribution is -2.21. The number of carbonyl (C=O) groups excluding carboxylic acids is 1. The molecule has 0 radical (unpaired) electrons. The van der Waals surface area contributed by atoms with E-state index in [2.05, 4.69) is 20.2 Å². The molecule has 24 heavy (non-hydrogen) atoms. The molecule has 0 aliphatic carbocycles. The van der Waals surface area contributed by atoms with Gasteiger partial charge in [0, 0.05) is 30.9 Å². The highest BCUT2D eigenvalue weighted by atomic mass is 16.6. The molecule has 0 spiro atoms. The van der Waals surface area contributed by atoms with E-state index in [1.165, 1.54) is 6.33 Å². The number of anilines is 2. The normalized spacial score (nSPS) is 16.1. The molecule has 2 aliphatic heterocycles. The summed E-state index contributed by atoms with van der Waals surface area (Å²) in [6.45, 7) is 2.99. The van der Waals surface area contributed by atoms with Crippen LogP contribution in [0.4, 0.5) is 11.5 Å². The van der Waals surface area contributed by atoms with E-state index in [9.17, 15) is 4.79 Å². The highest BCUT2D eigenvalue weighted by molar-refractivity contribution is 6.03. The smallest absolute Gasteiger partial charge is 0.274 e. The number of rotatable bonds is 3. The molecule has 7 nitrogen and oxygen atoms in total. The predicted octanol–water partition coefficient (Wildman–Crippen LogP) is 2.10. The lowest BCUT2D eigenvalue weighted by atomic mass is 10.2. The fraction of sp³-hybridized carbons (Fsp3) is 0.353. The van der Waals surface area contributed by atoms with Crippen LogP contribution in [0.2, 0.25) is 0 Å². The van der Waals surface area contributed by atoms with E-state index in [1.54, 1.807) is 24.3 Å². The fourth-order valence-electron chi connectivity index (χ4n) is 2.91. The Hall–Kier alpha value is -2.83. The van der Waals surface area contributed by atoms with Gasteiger partial charge in [-0.2, -0.15) is 0 Å². The minimum Gasteiger partial charge on any atom is -0.486 e. The summed E-state index contributed by atoms with van der Waals surface area (Å²) in [6.07, 6.45) is 3.75. The van der Waals surface area contributed by atoms with Crippen molar-refractivity contribution in [3.05, 3.63) is 36.3 Å². The molecule has 4 rings (SSSR count). The minimum absolute atomic E-state index is 0.269. The standard InChI is InChI=1S/C17H18N4O3/c22-17(13-10-16(19-11-18-13)21-5-1-2-6-21)20-12-3-4-14-15(9-12)24-8-7-23-14/h3-4,9-11H,1-2,5-8H2,(H,20,22). The summed E-state index contributed by atoms with van der Waals surface area (Å²) in [5, 5.41) is 2.84. The van der Waals surface area contributed by atoms with Crippen LogP contribution in [0.25, 0.3) is 0 Å². The Balaban J connectivity index is 1.50. The van der Waals surface area contributed by atoms with Gasteiger partial charge in [-0.15, -0.1) is 0 Å². The number of benzene rings is 1. The molecule has 7 heteroatoms. The van der Waals surface area contributed by atoms with Gasteiger partial charge in [0.25, 0.3) is 5.91 Å². The number of aromatic nitrogens is 2. The molecule has 2 aromatic rings. The van der Waals surface area contributed by atoms with Crippen molar-refractivity contribution in [2.75, 3.05) is 36.5 Å². The predicted molar refractivity (Wildman–Crippen MR) is 88.9 cm³/mol. The lowest BCUT2D eigenvalue weighted by molar-refractivity contribution is 0.102.